The molecule has 0 amide bonds. The fraction of sp³-hybridized carbons (Fsp3) is 0.538. The minimum atomic E-state index is -1.80. The molecule has 92 valence electrons. The molecule has 0 radical (unpaired) electrons. The molecule has 16 heavy (non-hydrogen) atoms. The average molecular weight is 240 g/mol. The Morgan fingerprint density at radius 3 is 2.12 bits per heavy atom. The van der Waals surface area contributed by atoms with Gasteiger partial charge in [0.2, 0.25) is 0 Å². The van der Waals surface area contributed by atoms with Crippen LogP contribution in [0.5, 0.6) is 0 Å². The molecule has 0 aromatic rings. The number of hydrogen-bond acceptors (Lipinski definition) is 2. The fourth-order valence-corrected chi connectivity index (χ4v) is 1.72. The van der Waals surface area contributed by atoms with Gasteiger partial charge in [0.25, 0.3) is 14.3 Å². The SMILES string of the molecule is C=C/C=C/C=C(/OC)O[Si](C)(C)C(C)(C)C. The molecule has 0 fully saturated rings. The summed E-state index contributed by atoms with van der Waals surface area (Å²) in [4.78, 5) is 0. The molecule has 0 aromatic heterocycles. The standard InChI is InChI=1S/C13H24O2Si/c1-8-9-10-11-12(14-5)15-16(6,7)13(2,3)4/h8-11H,1H2,2-7H3/b10-9+,12-11-. The van der Waals surface area contributed by atoms with Gasteiger partial charge in [-0.05, 0) is 18.1 Å². The van der Waals surface area contributed by atoms with Crippen LogP contribution in [0.4, 0.5) is 0 Å². The summed E-state index contributed by atoms with van der Waals surface area (Å²) >= 11 is 0. The van der Waals surface area contributed by atoms with E-state index < -0.39 is 8.32 Å². The third kappa shape index (κ3) is 4.70. The van der Waals surface area contributed by atoms with E-state index in [9.17, 15) is 0 Å². The predicted octanol–water partition coefficient (Wildman–Crippen LogP) is 4.24. The summed E-state index contributed by atoms with van der Waals surface area (Å²) in [5, 5.41) is 0.173. The molecule has 0 N–H and O–H groups in total. The molecule has 0 aliphatic heterocycles. The molecule has 0 unspecified atom stereocenters. The highest BCUT2D eigenvalue weighted by atomic mass is 28.4. The van der Waals surface area contributed by atoms with Gasteiger partial charge >= 0.3 is 0 Å². The maximum absolute atomic E-state index is 5.99. The van der Waals surface area contributed by atoms with Crippen molar-refractivity contribution in [3.8, 4) is 0 Å². The second-order valence-corrected chi connectivity index (χ2v) is 9.90. The Kier molecular flexibility index (Phi) is 5.58. The van der Waals surface area contributed by atoms with Gasteiger partial charge in [-0.3, -0.25) is 0 Å². The molecule has 2 nitrogen and oxygen atoms in total. The zero-order valence-corrected chi connectivity index (χ0v) is 12.3. The Balaban J connectivity index is 4.73. The zero-order valence-electron chi connectivity index (χ0n) is 11.3. The van der Waals surface area contributed by atoms with Gasteiger partial charge in [-0.1, -0.05) is 45.6 Å². The number of methoxy groups -OCH3 is 1. The number of allylic oxidation sites excluding steroid dienone is 4. The molecule has 0 aliphatic rings. The highest BCUT2D eigenvalue weighted by Crippen LogP contribution is 2.37. The third-order valence-corrected chi connectivity index (χ3v) is 7.17. The van der Waals surface area contributed by atoms with Gasteiger partial charge in [-0.2, -0.15) is 0 Å². The Hall–Kier alpha value is -0.963. The minimum Gasteiger partial charge on any atom is -0.519 e. The van der Waals surface area contributed by atoms with Crippen LogP contribution in [-0.4, -0.2) is 15.4 Å². The summed E-state index contributed by atoms with van der Waals surface area (Å²) in [5.74, 6) is 0.574. The molecule has 0 rings (SSSR count). The molecule has 0 atom stereocenters. The van der Waals surface area contributed by atoms with E-state index in [4.69, 9.17) is 9.16 Å². The molecule has 0 aliphatic carbocycles. The van der Waals surface area contributed by atoms with Crippen LogP contribution in [0.15, 0.2) is 36.8 Å². The van der Waals surface area contributed by atoms with Crippen molar-refractivity contribution in [1.82, 2.24) is 0 Å². The van der Waals surface area contributed by atoms with Crippen molar-refractivity contribution in [3.63, 3.8) is 0 Å². The summed E-state index contributed by atoms with van der Waals surface area (Å²) < 4.78 is 11.2. The molecule has 0 heterocycles. The first-order valence-electron chi connectivity index (χ1n) is 5.47. The highest BCUT2D eigenvalue weighted by molar-refractivity contribution is 6.74. The van der Waals surface area contributed by atoms with E-state index in [0.29, 0.717) is 5.95 Å². The first kappa shape index (κ1) is 15.0. The molecule has 0 saturated heterocycles. The van der Waals surface area contributed by atoms with Gasteiger partial charge in [0.05, 0.1) is 7.11 Å². The van der Waals surface area contributed by atoms with Crippen LogP contribution in [0.25, 0.3) is 0 Å². The molecular formula is C13H24O2Si. The minimum absolute atomic E-state index is 0.173. The van der Waals surface area contributed by atoms with Crippen LogP contribution in [0, 0.1) is 0 Å². The summed E-state index contributed by atoms with van der Waals surface area (Å²) in [7, 11) is -0.176. The monoisotopic (exact) mass is 240 g/mol. The Morgan fingerprint density at radius 1 is 1.19 bits per heavy atom. The zero-order chi connectivity index (χ0) is 12.8. The molecule has 0 spiro atoms. The van der Waals surface area contributed by atoms with Gasteiger partial charge in [0.1, 0.15) is 0 Å². The van der Waals surface area contributed by atoms with Crippen molar-refractivity contribution in [2.45, 2.75) is 38.9 Å². The van der Waals surface area contributed by atoms with Crippen LogP contribution in [0.2, 0.25) is 18.1 Å². The van der Waals surface area contributed by atoms with Crippen molar-refractivity contribution in [3.05, 3.63) is 36.8 Å². The summed E-state index contributed by atoms with van der Waals surface area (Å²) in [6.07, 6.45) is 7.24. The summed E-state index contributed by atoms with van der Waals surface area (Å²) in [5.41, 5.74) is 0. The van der Waals surface area contributed by atoms with Crippen LogP contribution >= 0.6 is 0 Å². The van der Waals surface area contributed by atoms with Crippen molar-refractivity contribution >= 4 is 8.32 Å². The van der Waals surface area contributed by atoms with Gasteiger partial charge < -0.3 is 9.16 Å². The van der Waals surface area contributed by atoms with Crippen molar-refractivity contribution < 1.29 is 9.16 Å². The van der Waals surface area contributed by atoms with Gasteiger partial charge in [-0.25, -0.2) is 0 Å². The third-order valence-electron chi connectivity index (χ3n) is 2.84. The highest BCUT2D eigenvalue weighted by Gasteiger charge is 2.39. The normalized spacial score (nSPS) is 14.0. The second kappa shape index (κ2) is 5.94. The Bertz CT molecular complexity index is 283. The lowest BCUT2D eigenvalue weighted by atomic mass is 10.2. The fourth-order valence-electron chi connectivity index (χ4n) is 0.761. The quantitative estimate of drug-likeness (QED) is 0.406. The van der Waals surface area contributed by atoms with Gasteiger partial charge in [-0.15, -0.1) is 0 Å². The van der Waals surface area contributed by atoms with Gasteiger partial charge in [0.15, 0.2) is 0 Å². The van der Waals surface area contributed by atoms with Crippen LogP contribution in [0.3, 0.4) is 0 Å². The van der Waals surface area contributed by atoms with E-state index in [0.717, 1.165) is 0 Å². The molecular weight excluding hydrogens is 216 g/mol. The smallest absolute Gasteiger partial charge is 0.264 e. The molecule has 0 saturated carbocycles. The van der Waals surface area contributed by atoms with E-state index in [2.05, 4.69) is 40.4 Å². The first-order chi connectivity index (χ1) is 7.24. The van der Waals surface area contributed by atoms with Gasteiger partial charge in [0, 0.05) is 6.08 Å². The summed E-state index contributed by atoms with van der Waals surface area (Å²) in [6.45, 7) is 14.6. The summed E-state index contributed by atoms with van der Waals surface area (Å²) in [6, 6.07) is 0. The van der Waals surface area contributed by atoms with Crippen molar-refractivity contribution in [2.24, 2.45) is 0 Å². The number of hydrogen-bond donors (Lipinski definition) is 0. The van der Waals surface area contributed by atoms with E-state index in [1.807, 2.05) is 18.2 Å². The lowest BCUT2D eigenvalue weighted by molar-refractivity contribution is 0.141. The number of rotatable bonds is 5. The van der Waals surface area contributed by atoms with E-state index in [1.165, 1.54) is 0 Å². The predicted molar refractivity (Wildman–Crippen MR) is 72.7 cm³/mol. The largest absolute Gasteiger partial charge is 0.519 e. The van der Waals surface area contributed by atoms with E-state index in [-0.39, 0.29) is 5.04 Å². The Labute approximate surface area is 101 Å². The lowest BCUT2D eigenvalue weighted by Crippen LogP contribution is -2.40. The molecule has 0 aromatic carbocycles. The van der Waals surface area contributed by atoms with Crippen molar-refractivity contribution in [2.75, 3.05) is 7.11 Å². The van der Waals surface area contributed by atoms with Crippen LogP contribution < -0.4 is 0 Å². The van der Waals surface area contributed by atoms with Crippen LogP contribution in [-0.2, 0) is 9.16 Å². The van der Waals surface area contributed by atoms with E-state index in [1.54, 1.807) is 13.2 Å². The second-order valence-electron chi connectivity index (χ2n) is 5.17. The number of ether oxygens (including phenoxy) is 1. The maximum atomic E-state index is 5.99. The Morgan fingerprint density at radius 2 is 1.75 bits per heavy atom. The van der Waals surface area contributed by atoms with Crippen LogP contribution in [0.1, 0.15) is 20.8 Å². The first-order valence-corrected chi connectivity index (χ1v) is 8.38. The molecule has 3 heteroatoms. The topological polar surface area (TPSA) is 18.5 Å². The van der Waals surface area contributed by atoms with Crippen molar-refractivity contribution in [1.29, 1.82) is 0 Å². The maximum Gasteiger partial charge on any atom is 0.264 e. The molecule has 0 bridgehead atoms. The average Bonchev–Trinajstić information content (AvgIpc) is 2.14. The lowest BCUT2D eigenvalue weighted by Gasteiger charge is -2.36. The van der Waals surface area contributed by atoms with E-state index >= 15 is 0 Å².